The quantitative estimate of drug-likeness (QED) is 0.669. The molecule has 0 fully saturated rings. The van der Waals surface area contributed by atoms with E-state index >= 15 is 0 Å². The highest BCUT2D eigenvalue weighted by Gasteiger charge is 2.19. The van der Waals surface area contributed by atoms with Gasteiger partial charge in [0.15, 0.2) is 0 Å². The van der Waals surface area contributed by atoms with E-state index in [9.17, 15) is 4.79 Å². The molecule has 1 rings (SSSR count). The summed E-state index contributed by atoms with van der Waals surface area (Å²) < 4.78 is 6.48. The summed E-state index contributed by atoms with van der Waals surface area (Å²) in [6.07, 6.45) is -0.354. The molecule has 0 aromatic heterocycles. The highest BCUT2D eigenvalue weighted by molar-refractivity contribution is 14.1. The number of ether oxygens (including phenoxy) is 1. The molecule has 0 aliphatic heterocycles. The Morgan fingerprint density at radius 2 is 1.86 bits per heavy atom. The van der Waals surface area contributed by atoms with Gasteiger partial charge in [0, 0.05) is 22.3 Å². The molecule has 0 saturated carbocycles. The van der Waals surface area contributed by atoms with Crippen molar-refractivity contribution in [3.05, 3.63) is 27.8 Å². The molecule has 0 saturated heterocycles. The highest BCUT2D eigenvalue weighted by atomic mass is 127. The average Bonchev–Trinajstić information content (AvgIpc) is 2.38. The Balaban J connectivity index is 2.49. The molecular weight excluding hydrogens is 391 g/mol. The largest absolute Gasteiger partial charge is 0.444 e. The maximum atomic E-state index is 11.8. The second-order valence-corrected chi connectivity index (χ2v) is 7.91. The van der Waals surface area contributed by atoms with Crippen molar-refractivity contribution < 1.29 is 9.53 Å². The Morgan fingerprint density at radius 1 is 1.23 bits per heavy atom. The fourth-order valence-electron chi connectivity index (χ4n) is 1.92. The predicted molar refractivity (Wildman–Crippen MR) is 100 cm³/mol. The van der Waals surface area contributed by atoms with Gasteiger partial charge < -0.3 is 15.4 Å². The summed E-state index contributed by atoms with van der Waals surface area (Å²) in [4.78, 5) is 11.8. The summed E-state index contributed by atoms with van der Waals surface area (Å²) in [5.41, 5.74) is 0.668. The zero-order valence-electron chi connectivity index (χ0n) is 14.1. The Kier molecular flexibility index (Phi) is 7.45. The highest BCUT2D eigenvalue weighted by Crippen LogP contribution is 2.19. The molecule has 1 amide bonds. The smallest absolute Gasteiger partial charge is 0.407 e. The SMILES string of the molecule is CC(C)C(CNC(=O)OC(C)(C)C)CNc1ccccc1I. The minimum Gasteiger partial charge on any atom is -0.444 e. The van der Waals surface area contributed by atoms with Gasteiger partial charge in [-0.3, -0.25) is 0 Å². The van der Waals surface area contributed by atoms with E-state index in [1.165, 1.54) is 3.57 Å². The molecule has 1 aromatic carbocycles. The number of alkyl carbamates (subject to hydrolysis) is 1. The van der Waals surface area contributed by atoms with Crippen molar-refractivity contribution in [2.75, 3.05) is 18.4 Å². The van der Waals surface area contributed by atoms with Gasteiger partial charge in [-0.25, -0.2) is 4.79 Å². The molecule has 1 aromatic rings. The van der Waals surface area contributed by atoms with Crippen molar-refractivity contribution in [3.8, 4) is 0 Å². The number of carbonyl (C=O) groups is 1. The van der Waals surface area contributed by atoms with Crippen molar-refractivity contribution in [3.63, 3.8) is 0 Å². The van der Waals surface area contributed by atoms with Crippen molar-refractivity contribution in [1.82, 2.24) is 5.32 Å². The van der Waals surface area contributed by atoms with Gasteiger partial charge in [-0.1, -0.05) is 26.0 Å². The van der Waals surface area contributed by atoms with Crippen molar-refractivity contribution >= 4 is 34.4 Å². The van der Waals surface area contributed by atoms with Crippen LogP contribution in [0.1, 0.15) is 34.6 Å². The molecule has 124 valence electrons. The molecule has 0 aliphatic carbocycles. The number of nitrogens with one attached hydrogen (secondary N) is 2. The lowest BCUT2D eigenvalue weighted by Crippen LogP contribution is -2.38. The molecule has 0 spiro atoms. The molecule has 4 nitrogen and oxygen atoms in total. The number of amides is 1. The molecule has 1 atom stereocenters. The van der Waals surface area contributed by atoms with Crippen LogP contribution >= 0.6 is 22.6 Å². The first-order valence-corrected chi connectivity index (χ1v) is 8.72. The van der Waals surface area contributed by atoms with E-state index in [1.54, 1.807) is 0 Å². The van der Waals surface area contributed by atoms with Crippen molar-refractivity contribution in [2.45, 2.75) is 40.2 Å². The molecule has 22 heavy (non-hydrogen) atoms. The van der Waals surface area contributed by atoms with Crippen LogP contribution in [0.15, 0.2) is 24.3 Å². The fraction of sp³-hybridized carbons (Fsp3) is 0.588. The van der Waals surface area contributed by atoms with E-state index in [-0.39, 0.29) is 6.09 Å². The van der Waals surface area contributed by atoms with Crippen LogP contribution in [-0.4, -0.2) is 24.8 Å². The first kappa shape index (κ1) is 19.1. The van der Waals surface area contributed by atoms with Crippen LogP contribution in [0.2, 0.25) is 0 Å². The third kappa shape index (κ3) is 7.33. The molecule has 0 aliphatic rings. The number of halogens is 1. The van der Waals surface area contributed by atoms with Gasteiger partial charge in [0.05, 0.1) is 0 Å². The number of anilines is 1. The van der Waals surface area contributed by atoms with Crippen LogP contribution in [0.25, 0.3) is 0 Å². The van der Waals surface area contributed by atoms with Gasteiger partial charge in [0.2, 0.25) is 0 Å². The summed E-state index contributed by atoms with van der Waals surface area (Å²) in [6.45, 7) is 11.3. The molecule has 1 unspecified atom stereocenters. The Morgan fingerprint density at radius 3 is 2.41 bits per heavy atom. The van der Waals surface area contributed by atoms with Gasteiger partial charge >= 0.3 is 6.09 Å². The third-order valence-corrected chi connectivity index (χ3v) is 4.22. The second-order valence-electron chi connectivity index (χ2n) is 6.75. The second kappa shape index (κ2) is 8.60. The normalized spacial score (nSPS) is 12.9. The molecular formula is C17H27IN2O2. The van der Waals surface area contributed by atoms with Gasteiger partial charge in [-0.05, 0) is 67.3 Å². The maximum Gasteiger partial charge on any atom is 0.407 e. The van der Waals surface area contributed by atoms with Crippen LogP contribution in [-0.2, 0) is 4.74 Å². The van der Waals surface area contributed by atoms with E-state index in [0.29, 0.717) is 18.4 Å². The van der Waals surface area contributed by atoms with Crippen LogP contribution in [0.5, 0.6) is 0 Å². The molecule has 5 heteroatoms. The summed E-state index contributed by atoms with van der Waals surface area (Å²) in [5.74, 6) is 0.798. The lowest BCUT2D eigenvalue weighted by Gasteiger charge is -2.24. The van der Waals surface area contributed by atoms with Gasteiger partial charge in [-0.15, -0.1) is 0 Å². The summed E-state index contributed by atoms with van der Waals surface area (Å²) in [5, 5.41) is 6.34. The maximum absolute atomic E-state index is 11.8. The Bertz CT molecular complexity index is 484. The first-order valence-electron chi connectivity index (χ1n) is 7.64. The van der Waals surface area contributed by atoms with Gasteiger partial charge in [0.1, 0.15) is 5.60 Å². The third-order valence-electron chi connectivity index (χ3n) is 3.28. The molecule has 0 heterocycles. The molecule has 0 bridgehead atoms. The first-order chi connectivity index (χ1) is 10.2. The van der Waals surface area contributed by atoms with E-state index in [0.717, 1.165) is 12.2 Å². The van der Waals surface area contributed by atoms with Crippen LogP contribution in [0.3, 0.4) is 0 Å². The number of carbonyl (C=O) groups excluding carboxylic acids is 1. The number of hydrogen-bond acceptors (Lipinski definition) is 3. The standard InChI is InChI=1S/C17H27IN2O2/c1-12(2)13(11-20-16(21)22-17(3,4)5)10-19-15-9-7-6-8-14(15)18/h6-9,12-13,19H,10-11H2,1-5H3,(H,20,21). The summed E-state index contributed by atoms with van der Waals surface area (Å²) >= 11 is 2.32. The van der Waals surface area contributed by atoms with E-state index in [4.69, 9.17) is 4.74 Å². The molecule has 0 radical (unpaired) electrons. The minimum atomic E-state index is -0.462. The number of hydrogen-bond donors (Lipinski definition) is 2. The lowest BCUT2D eigenvalue weighted by molar-refractivity contribution is 0.0516. The van der Waals surface area contributed by atoms with Crippen molar-refractivity contribution in [2.24, 2.45) is 11.8 Å². The van der Waals surface area contributed by atoms with Crippen LogP contribution in [0.4, 0.5) is 10.5 Å². The van der Waals surface area contributed by atoms with Crippen molar-refractivity contribution in [1.29, 1.82) is 0 Å². The molecule has 2 N–H and O–H groups in total. The van der Waals surface area contributed by atoms with Crippen LogP contribution in [0, 0.1) is 15.4 Å². The predicted octanol–water partition coefficient (Wildman–Crippen LogP) is 4.50. The number of para-hydroxylation sites is 1. The summed E-state index contributed by atoms with van der Waals surface area (Å²) in [7, 11) is 0. The van der Waals surface area contributed by atoms with E-state index < -0.39 is 5.60 Å². The van der Waals surface area contributed by atoms with Gasteiger partial charge in [-0.2, -0.15) is 0 Å². The van der Waals surface area contributed by atoms with Crippen LogP contribution < -0.4 is 10.6 Å². The zero-order chi connectivity index (χ0) is 16.8. The average molecular weight is 418 g/mol. The number of rotatable bonds is 6. The zero-order valence-corrected chi connectivity index (χ0v) is 16.2. The van der Waals surface area contributed by atoms with E-state index in [1.807, 2.05) is 32.9 Å². The van der Waals surface area contributed by atoms with E-state index in [2.05, 4.69) is 59.2 Å². The Hall–Kier alpha value is -0.980. The van der Waals surface area contributed by atoms with Gasteiger partial charge in [0.25, 0.3) is 0 Å². The Labute approximate surface area is 147 Å². The topological polar surface area (TPSA) is 50.4 Å². The number of benzene rings is 1. The lowest BCUT2D eigenvalue weighted by atomic mass is 9.95. The summed E-state index contributed by atoms with van der Waals surface area (Å²) in [6, 6.07) is 8.19. The fourth-order valence-corrected chi connectivity index (χ4v) is 2.50. The minimum absolute atomic E-state index is 0.337. The monoisotopic (exact) mass is 418 g/mol.